The lowest BCUT2D eigenvalue weighted by molar-refractivity contribution is -0.122. The lowest BCUT2D eigenvalue weighted by atomic mass is 10.1. The third-order valence-electron chi connectivity index (χ3n) is 4.70. The Labute approximate surface area is 168 Å². The standard InChI is InChI=1S/C21H23N3O3S/c1-13-4-5-16(22-14(2)25)11-19(13)23-21(27)15-10-20(26)24(12-15)17-6-8-18(28-3)9-7-17/h4-9,11,15H,10,12H2,1-3H3,(H,22,25)(H,23,27). The van der Waals surface area contributed by atoms with Gasteiger partial charge in [0.1, 0.15) is 0 Å². The molecule has 1 atom stereocenters. The molecule has 2 N–H and O–H groups in total. The molecule has 0 bridgehead atoms. The van der Waals surface area contributed by atoms with Crippen LogP contribution in [0.3, 0.4) is 0 Å². The van der Waals surface area contributed by atoms with Crippen LogP contribution in [-0.2, 0) is 14.4 Å². The average molecular weight is 398 g/mol. The van der Waals surface area contributed by atoms with E-state index in [1.54, 1.807) is 28.8 Å². The summed E-state index contributed by atoms with van der Waals surface area (Å²) >= 11 is 1.64. The van der Waals surface area contributed by atoms with Crippen molar-refractivity contribution in [2.24, 2.45) is 5.92 Å². The van der Waals surface area contributed by atoms with Crippen molar-refractivity contribution in [1.29, 1.82) is 0 Å². The Balaban J connectivity index is 1.70. The number of anilines is 3. The largest absolute Gasteiger partial charge is 0.326 e. The van der Waals surface area contributed by atoms with Crippen molar-refractivity contribution in [3.63, 3.8) is 0 Å². The fourth-order valence-electron chi connectivity index (χ4n) is 3.17. The maximum Gasteiger partial charge on any atom is 0.229 e. The number of nitrogens with one attached hydrogen (secondary N) is 2. The number of benzene rings is 2. The van der Waals surface area contributed by atoms with E-state index >= 15 is 0 Å². The van der Waals surface area contributed by atoms with Crippen molar-refractivity contribution in [3.8, 4) is 0 Å². The minimum Gasteiger partial charge on any atom is -0.326 e. The van der Waals surface area contributed by atoms with E-state index in [-0.39, 0.29) is 24.1 Å². The molecule has 1 saturated heterocycles. The molecule has 3 rings (SSSR count). The van der Waals surface area contributed by atoms with Gasteiger partial charge < -0.3 is 15.5 Å². The Morgan fingerprint density at radius 3 is 2.46 bits per heavy atom. The second-order valence-electron chi connectivity index (χ2n) is 6.80. The Morgan fingerprint density at radius 1 is 1.11 bits per heavy atom. The normalized spacial score (nSPS) is 16.2. The van der Waals surface area contributed by atoms with Crippen LogP contribution in [0.15, 0.2) is 47.4 Å². The number of aryl methyl sites for hydroxylation is 1. The molecule has 7 heteroatoms. The van der Waals surface area contributed by atoms with Crippen LogP contribution < -0.4 is 15.5 Å². The Bertz CT molecular complexity index is 912. The molecule has 0 spiro atoms. The highest BCUT2D eigenvalue weighted by Crippen LogP contribution is 2.28. The quantitative estimate of drug-likeness (QED) is 0.755. The van der Waals surface area contributed by atoms with Gasteiger partial charge in [0.15, 0.2) is 0 Å². The van der Waals surface area contributed by atoms with Gasteiger partial charge in [0.25, 0.3) is 0 Å². The number of nitrogens with zero attached hydrogens (tertiary/aromatic N) is 1. The summed E-state index contributed by atoms with van der Waals surface area (Å²) < 4.78 is 0. The molecule has 146 valence electrons. The van der Waals surface area contributed by atoms with Crippen molar-refractivity contribution in [1.82, 2.24) is 0 Å². The smallest absolute Gasteiger partial charge is 0.229 e. The number of carbonyl (C=O) groups excluding carboxylic acids is 3. The van der Waals surface area contributed by atoms with Crippen LogP contribution in [0.1, 0.15) is 18.9 Å². The predicted octanol–water partition coefficient (Wildman–Crippen LogP) is 3.67. The average Bonchev–Trinajstić information content (AvgIpc) is 3.06. The van der Waals surface area contributed by atoms with E-state index in [0.717, 1.165) is 16.1 Å². The molecule has 1 aliphatic heterocycles. The summed E-state index contributed by atoms with van der Waals surface area (Å²) in [5.74, 6) is -0.845. The third-order valence-corrected chi connectivity index (χ3v) is 5.44. The molecule has 2 aromatic rings. The third kappa shape index (κ3) is 4.54. The van der Waals surface area contributed by atoms with Gasteiger partial charge in [0.05, 0.1) is 5.92 Å². The van der Waals surface area contributed by atoms with Crippen LogP contribution in [0, 0.1) is 12.8 Å². The maximum atomic E-state index is 12.7. The summed E-state index contributed by atoms with van der Waals surface area (Å²) in [5.41, 5.74) is 2.94. The number of amides is 3. The van der Waals surface area contributed by atoms with Crippen LogP contribution in [0.4, 0.5) is 17.1 Å². The Morgan fingerprint density at radius 2 is 1.82 bits per heavy atom. The van der Waals surface area contributed by atoms with Gasteiger partial charge >= 0.3 is 0 Å². The number of thioether (sulfide) groups is 1. The fourth-order valence-corrected chi connectivity index (χ4v) is 3.58. The zero-order chi connectivity index (χ0) is 20.3. The Kier molecular flexibility index (Phi) is 6.04. The van der Waals surface area contributed by atoms with Crippen LogP contribution in [0.5, 0.6) is 0 Å². The van der Waals surface area contributed by atoms with Gasteiger partial charge in [-0.2, -0.15) is 0 Å². The second kappa shape index (κ2) is 8.48. The molecular formula is C21H23N3O3S. The minimum atomic E-state index is -0.420. The van der Waals surface area contributed by atoms with Gasteiger partial charge in [-0.3, -0.25) is 14.4 Å². The van der Waals surface area contributed by atoms with Gasteiger partial charge in [-0.25, -0.2) is 0 Å². The lowest BCUT2D eigenvalue weighted by Gasteiger charge is -2.17. The van der Waals surface area contributed by atoms with Gasteiger partial charge in [0, 0.05) is 41.8 Å². The first-order valence-corrected chi connectivity index (χ1v) is 10.2. The molecule has 2 aromatic carbocycles. The highest BCUT2D eigenvalue weighted by atomic mass is 32.2. The zero-order valence-corrected chi connectivity index (χ0v) is 16.9. The molecule has 1 aliphatic rings. The first-order valence-electron chi connectivity index (χ1n) is 9.01. The minimum absolute atomic E-state index is 0.0548. The number of hydrogen-bond acceptors (Lipinski definition) is 4. The van der Waals surface area contributed by atoms with Crippen molar-refractivity contribution in [2.45, 2.75) is 25.2 Å². The van der Waals surface area contributed by atoms with Gasteiger partial charge in [0.2, 0.25) is 17.7 Å². The molecule has 0 saturated carbocycles. The summed E-state index contributed by atoms with van der Waals surface area (Å²) in [6.07, 6.45) is 2.18. The van der Waals surface area contributed by atoms with E-state index < -0.39 is 5.92 Å². The number of carbonyl (C=O) groups is 3. The SMILES string of the molecule is CSc1ccc(N2CC(C(=O)Nc3cc(NC(C)=O)ccc3C)CC2=O)cc1. The summed E-state index contributed by atoms with van der Waals surface area (Å²) in [4.78, 5) is 39.2. The molecule has 0 aromatic heterocycles. The van der Waals surface area contributed by atoms with Crippen molar-refractivity contribution in [2.75, 3.05) is 28.3 Å². The van der Waals surface area contributed by atoms with E-state index in [1.165, 1.54) is 6.92 Å². The molecule has 3 amide bonds. The molecule has 0 aliphatic carbocycles. The molecule has 1 unspecified atom stereocenters. The van der Waals surface area contributed by atoms with E-state index in [1.807, 2.05) is 43.5 Å². The highest BCUT2D eigenvalue weighted by molar-refractivity contribution is 7.98. The fraction of sp³-hybridized carbons (Fsp3) is 0.286. The molecular weight excluding hydrogens is 374 g/mol. The lowest BCUT2D eigenvalue weighted by Crippen LogP contribution is -2.28. The molecule has 1 fully saturated rings. The molecule has 0 radical (unpaired) electrons. The van der Waals surface area contributed by atoms with Crippen LogP contribution in [-0.4, -0.2) is 30.5 Å². The van der Waals surface area contributed by atoms with Gasteiger partial charge in [-0.1, -0.05) is 6.07 Å². The van der Waals surface area contributed by atoms with Crippen LogP contribution >= 0.6 is 11.8 Å². The van der Waals surface area contributed by atoms with Gasteiger partial charge in [-0.15, -0.1) is 11.8 Å². The highest BCUT2D eigenvalue weighted by Gasteiger charge is 2.35. The molecule has 28 heavy (non-hydrogen) atoms. The summed E-state index contributed by atoms with van der Waals surface area (Å²) in [6, 6.07) is 13.1. The monoisotopic (exact) mass is 397 g/mol. The topological polar surface area (TPSA) is 78.5 Å². The Hall–Kier alpha value is -2.80. The number of hydrogen-bond donors (Lipinski definition) is 2. The summed E-state index contributed by atoms with van der Waals surface area (Å²) in [7, 11) is 0. The van der Waals surface area contributed by atoms with E-state index in [0.29, 0.717) is 17.9 Å². The van der Waals surface area contributed by atoms with Crippen molar-refractivity contribution in [3.05, 3.63) is 48.0 Å². The van der Waals surface area contributed by atoms with E-state index in [9.17, 15) is 14.4 Å². The van der Waals surface area contributed by atoms with Crippen LogP contribution in [0.2, 0.25) is 0 Å². The first kappa shape index (κ1) is 19.9. The molecule has 1 heterocycles. The van der Waals surface area contributed by atoms with Crippen LogP contribution in [0.25, 0.3) is 0 Å². The van der Waals surface area contributed by atoms with Crippen molar-refractivity contribution >= 4 is 46.5 Å². The van der Waals surface area contributed by atoms with Crippen molar-refractivity contribution < 1.29 is 14.4 Å². The predicted molar refractivity (Wildman–Crippen MR) is 113 cm³/mol. The van der Waals surface area contributed by atoms with Gasteiger partial charge in [-0.05, 0) is 55.1 Å². The number of rotatable bonds is 5. The summed E-state index contributed by atoms with van der Waals surface area (Å²) in [6.45, 7) is 3.67. The zero-order valence-electron chi connectivity index (χ0n) is 16.1. The first-order chi connectivity index (χ1) is 13.4. The van der Waals surface area contributed by atoms with E-state index in [2.05, 4.69) is 10.6 Å². The second-order valence-corrected chi connectivity index (χ2v) is 7.68. The molecule has 6 nitrogen and oxygen atoms in total. The van der Waals surface area contributed by atoms with E-state index in [4.69, 9.17) is 0 Å². The summed E-state index contributed by atoms with van der Waals surface area (Å²) in [5, 5.41) is 5.61. The maximum absolute atomic E-state index is 12.7.